The zero-order valence-corrected chi connectivity index (χ0v) is 11.2. The van der Waals surface area contributed by atoms with Crippen molar-refractivity contribution in [3.63, 3.8) is 0 Å². The van der Waals surface area contributed by atoms with E-state index in [1.165, 1.54) is 6.07 Å². The summed E-state index contributed by atoms with van der Waals surface area (Å²) in [6.45, 7) is 0.357. The van der Waals surface area contributed by atoms with Gasteiger partial charge in [-0.2, -0.15) is 13.2 Å². The molecule has 0 unspecified atom stereocenters. The van der Waals surface area contributed by atoms with Gasteiger partial charge in [0.15, 0.2) is 0 Å². The summed E-state index contributed by atoms with van der Waals surface area (Å²) >= 11 is 0. The lowest BCUT2D eigenvalue weighted by atomic mass is 10.1. The molecule has 1 aromatic heterocycles. The molecular formula is C15H15F3N2O. The maximum atomic E-state index is 13.1. The summed E-state index contributed by atoms with van der Waals surface area (Å²) in [6, 6.07) is 7.42. The number of pyridine rings is 1. The first-order valence-corrected chi connectivity index (χ1v) is 6.42. The lowest BCUT2D eigenvalue weighted by molar-refractivity contribution is -0.139. The molecule has 2 aromatic rings. The molecule has 2 rings (SSSR count). The van der Waals surface area contributed by atoms with Gasteiger partial charge in [0, 0.05) is 12.4 Å². The Morgan fingerprint density at radius 1 is 1.05 bits per heavy atom. The largest absolute Gasteiger partial charge is 0.488 e. The summed E-state index contributed by atoms with van der Waals surface area (Å²) in [4.78, 5) is 3.84. The van der Waals surface area contributed by atoms with Gasteiger partial charge in [0.25, 0.3) is 0 Å². The van der Waals surface area contributed by atoms with Crippen molar-refractivity contribution in [1.29, 1.82) is 0 Å². The Hall–Kier alpha value is -2.08. The molecule has 1 aromatic carbocycles. The van der Waals surface area contributed by atoms with Crippen LogP contribution in [0.5, 0.6) is 5.75 Å². The van der Waals surface area contributed by atoms with E-state index in [-0.39, 0.29) is 12.4 Å². The number of ether oxygens (including phenoxy) is 1. The Bertz CT molecular complexity index is 585. The van der Waals surface area contributed by atoms with E-state index in [9.17, 15) is 13.2 Å². The number of alkyl halides is 3. The minimum Gasteiger partial charge on any atom is -0.488 e. The molecule has 1 heterocycles. The van der Waals surface area contributed by atoms with Crippen molar-refractivity contribution < 1.29 is 17.9 Å². The minimum atomic E-state index is -4.46. The molecule has 0 fully saturated rings. The van der Waals surface area contributed by atoms with Crippen LogP contribution in [0.1, 0.15) is 16.7 Å². The highest BCUT2D eigenvalue weighted by atomic mass is 19.4. The quantitative estimate of drug-likeness (QED) is 0.922. The molecule has 0 saturated carbocycles. The van der Waals surface area contributed by atoms with E-state index in [1.807, 2.05) is 0 Å². The maximum absolute atomic E-state index is 13.1. The predicted octanol–water partition coefficient (Wildman–Crippen LogP) is 3.18. The van der Waals surface area contributed by atoms with E-state index >= 15 is 0 Å². The van der Waals surface area contributed by atoms with Crippen molar-refractivity contribution in [2.75, 3.05) is 6.54 Å². The number of benzene rings is 1. The Kier molecular flexibility index (Phi) is 4.80. The first-order chi connectivity index (χ1) is 10.0. The SMILES string of the molecule is NCCc1ccc(OCc2ccncc2)c(C(F)(F)F)c1. The zero-order valence-electron chi connectivity index (χ0n) is 11.2. The highest BCUT2D eigenvalue weighted by Gasteiger charge is 2.34. The third kappa shape index (κ3) is 4.19. The fourth-order valence-electron chi connectivity index (χ4n) is 1.89. The minimum absolute atomic E-state index is 0.0574. The van der Waals surface area contributed by atoms with Crippen LogP contribution in [-0.4, -0.2) is 11.5 Å². The average Bonchev–Trinajstić information content (AvgIpc) is 2.46. The number of nitrogens with two attached hydrogens (primary N) is 1. The van der Waals surface area contributed by atoms with Gasteiger partial charge in [0.1, 0.15) is 12.4 Å². The molecule has 0 saturated heterocycles. The van der Waals surface area contributed by atoms with E-state index in [2.05, 4.69) is 4.98 Å². The molecule has 0 spiro atoms. The van der Waals surface area contributed by atoms with Crippen LogP contribution in [0.4, 0.5) is 13.2 Å². The van der Waals surface area contributed by atoms with Crippen molar-refractivity contribution in [3.8, 4) is 5.75 Å². The van der Waals surface area contributed by atoms with Gasteiger partial charge in [-0.05, 0) is 48.4 Å². The van der Waals surface area contributed by atoms with Crippen LogP contribution in [0.25, 0.3) is 0 Å². The molecule has 0 radical (unpaired) electrons. The highest BCUT2D eigenvalue weighted by Crippen LogP contribution is 2.37. The Labute approximate surface area is 120 Å². The van der Waals surface area contributed by atoms with Gasteiger partial charge >= 0.3 is 6.18 Å². The van der Waals surface area contributed by atoms with Crippen molar-refractivity contribution in [3.05, 3.63) is 59.4 Å². The second kappa shape index (κ2) is 6.58. The highest BCUT2D eigenvalue weighted by molar-refractivity contribution is 5.39. The molecule has 112 valence electrons. The van der Waals surface area contributed by atoms with Crippen LogP contribution in [0.15, 0.2) is 42.7 Å². The molecular weight excluding hydrogens is 281 g/mol. The summed E-state index contributed by atoms with van der Waals surface area (Å²) in [7, 11) is 0. The number of hydrogen-bond donors (Lipinski definition) is 1. The molecule has 2 N–H and O–H groups in total. The molecule has 21 heavy (non-hydrogen) atoms. The first-order valence-electron chi connectivity index (χ1n) is 6.42. The van der Waals surface area contributed by atoms with Gasteiger partial charge in [-0.15, -0.1) is 0 Å². The van der Waals surface area contributed by atoms with Crippen molar-refractivity contribution in [1.82, 2.24) is 4.98 Å². The number of hydrogen-bond acceptors (Lipinski definition) is 3. The summed E-state index contributed by atoms with van der Waals surface area (Å²) in [5.74, 6) is -0.180. The lowest BCUT2D eigenvalue weighted by Crippen LogP contribution is -2.11. The summed E-state index contributed by atoms with van der Waals surface area (Å²) < 4.78 is 44.5. The van der Waals surface area contributed by atoms with Gasteiger partial charge in [-0.3, -0.25) is 4.98 Å². The van der Waals surface area contributed by atoms with Gasteiger partial charge in [0.2, 0.25) is 0 Å². The molecule has 0 aliphatic rings. The predicted molar refractivity (Wildman–Crippen MR) is 72.8 cm³/mol. The normalized spacial score (nSPS) is 11.4. The van der Waals surface area contributed by atoms with E-state index < -0.39 is 11.7 Å². The van der Waals surface area contributed by atoms with Gasteiger partial charge in [-0.1, -0.05) is 6.07 Å². The fraction of sp³-hybridized carbons (Fsp3) is 0.267. The number of halogens is 3. The summed E-state index contributed by atoms with van der Waals surface area (Å²) in [5.41, 5.74) is 5.90. The van der Waals surface area contributed by atoms with Crippen molar-refractivity contribution in [2.45, 2.75) is 19.2 Å². The van der Waals surface area contributed by atoms with E-state index in [0.29, 0.717) is 18.5 Å². The summed E-state index contributed by atoms with van der Waals surface area (Å²) in [5, 5.41) is 0. The Balaban J connectivity index is 2.21. The molecule has 0 atom stereocenters. The zero-order chi connectivity index (χ0) is 15.3. The second-order valence-corrected chi connectivity index (χ2v) is 4.51. The average molecular weight is 296 g/mol. The second-order valence-electron chi connectivity index (χ2n) is 4.51. The molecule has 6 heteroatoms. The van der Waals surface area contributed by atoms with Crippen LogP contribution in [0, 0.1) is 0 Å². The fourth-order valence-corrected chi connectivity index (χ4v) is 1.89. The van der Waals surface area contributed by atoms with Crippen LogP contribution in [-0.2, 0) is 19.2 Å². The topological polar surface area (TPSA) is 48.1 Å². The van der Waals surface area contributed by atoms with Crippen LogP contribution in [0.2, 0.25) is 0 Å². The molecule has 0 bridgehead atoms. The van der Waals surface area contributed by atoms with E-state index in [0.717, 1.165) is 11.6 Å². The van der Waals surface area contributed by atoms with Crippen molar-refractivity contribution in [2.24, 2.45) is 5.73 Å². The van der Waals surface area contributed by atoms with Crippen LogP contribution in [0.3, 0.4) is 0 Å². The number of rotatable bonds is 5. The summed E-state index contributed by atoms with van der Waals surface area (Å²) in [6.07, 6.45) is -0.937. The van der Waals surface area contributed by atoms with Crippen LogP contribution < -0.4 is 10.5 Å². The first kappa shape index (κ1) is 15.3. The van der Waals surface area contributed by atoms with Crippen LogP contribution >= 0.6 is 0 Å². The Morgan fingerprint density at radius 3 is 2.38 bits per heavy atom. The maximum Gasteiger partial charge on any atom is 0.419 e. The van der Waals surface area contributed by atoms with Crippen molar-refractivity contribution >= 4 is 0 Å². The number of nitrogens with zero attached hydrogens (tertiary/aromatic N) is 1. The third-order valence-corrected chi connectivity index (χ3v) is 2.93. The molecule has 0 aliphatic heterocycles. The molecule has 0 amide bonds. The molecule has 3 nitrogen and oxygen atoms in total. The van der Waals surface area contributed by atoms with Gasteiger partial charge in [0.05, 0.1) is 5.56 Å². The standard InChI is InChI=1S/C15H15F3N2O/c16-15(17,18)13-9-11(3-6-19)1-2-14(13)21-10-12-4-7-20-8-5-12/h1-2,4-5,7-9H,3,6,10,19H2. The van der Waals surface area contributed by atoms with E-state index in [1.54, 1.807) is 30.6 Å². The monoisotopic (exact) mass is 296 g/mol. The Morgan fingerprint density at radius 2 is 1.76 bits per heavy atom. The smallest absolute Gasteiger partial charge is 0.419 e. The van der Waals surface area contributed by atoms with E-state index in [4.69, 9.17) is 10.5 Å². The third-order valence-electron chi connectivity index (χ3n) is 2.93. The molecule has 0 aliphatic carbocycles. The van der Waals surface area contributed by atoms with Gasteiger partial charge in [-0.25, -0.2) is 0 Å². The van der Waals surface area contributed by atoms with Gasteiger partial charge < -0.3 is 10.5 Å². The lowest BCUT2D eigenvalue weighted by Gasteiger charge is -2.15. The number of aromatic nitrogens is 1.